The molecule has 0 unspecified atom stereocenters. The SMILES string of the molecule is CC1(C)OCC(=O)[C@]2(CC[C@H]3[C@@H]4CCC5=CC(=O)C=C[C@]5(C)[C@H]4[C@@H](O)C[C@@]32C)O1. The number of hydrogen-bond donors (Lipinski definition) is 1. The smallest absolute Gasteiger partial charge is 0.190 e. The van der Waals surface area contributed by atoms with E-state index in [1.165, 1.54) is 0 Å². The summed E-state index contributed by atoms with van der Waals surface area (Å²) in [5.41, 5.74) is -0.410. The van der Waals surface area contributed by atoms with E-state index in [4.69, 9.17) is 9.47 Å². The first kappa shape index (κ1) is 19.7. The number of carbonyl (C=O) groups is 2. The molecule has 0 aromatic carbocycles. The van der Waals surface area contributed by atoms with Crippen molar-refractivity contribution in [1.82, 2.24) is 0 Å². The molecule has 5 heteroatoms. The lowest BCUT2D eigenvalue weighted by molar-refractivity contribution is -0.316. The maximum Gasteiger partial charge on any atom is 0.190 e. The van der Waals surface area contributed by atoms with Crippen molar-refractivity contribution in [3.63, 3.8) is 0 Å². The zero-order valence-electron chi connectivity index (χ0n) is 17.9. The zero-order chi connectivity index (χ0) is 20.8. The number of fused-ring (bicyclic) bond motifs is 6. The van der Waals surface area contributed by atoms with Gasteiger partial charge < -0.3 is 14.6 Å². The van der Waals surface area contributed by atoms with Gasteiger partial charge in [0.1, 0.15) is 12.2 Å². The van der Waals surface area contributed by atoms with Gasteiger partial charge in [0, 0.05) is 16.7 Å². The second kappa shape index (κ2) is 5.89. The van der Waals surface area contributed by atoms with E-state index in [0.717, 1.165) is 24.8 Å². The Balaban J connectivity index is 1.55. The second-order valence-electron chi connectivity index (χ2n) is 10.8. The lowest BCUT2D eigenvalue weighted by atomic mass is 9.46. The molecular formula is C24H32O5. The summed E-state index contributed by atoms with van der Waals surface area (Å²) in [6.07, 6.45) is 8.94. The zero-order valence-corrected chi connectivity index (χ0v) is 17.9. The quantitative estimate of drug-likeness (QED) is 0.675. The van der Waals surface area contributed by atoms with E-state index in [2.05, 4.69) is 13.8 Å². The number of aliphatic hydroxyl groups excluding tert-OH is 1. The van der Waals surface area contributed by atoms with E-state index >= 15 is 0 Å². The summed E-state index contributed by atoms with van der Waals surface area (Å²) in [6, 6.07) is 0. The number of carbonyl (C=O) groups excluding carboxylic acids is 2. The minimum absolute atomic E-state index is 0.0261. The van der Waals surface area contributed by atoms with Crippen LogP contribution in [0.4, 0.5) is 0 Å². The van der Waals surface area contributed by atoms with Crippen LogP contribution in [0.5, 0.6) is 0 Å². The van der Waals surface area contributed by atoms with Gasteiger partial charge in [0.15, 0.2) is 17.4 Å². The fourth-order valence-corrected chi connectivity index (χ4v) is 7.80. The number of allylic oxidation sites excluding steroid dienone is 4. The lowest BCUT2D eigenvalue weighted by Gasteiger charge is -2.61. The summed E-state index contributed by atoms with van der Waals surface area (Å²) >= 11 is 0. The monoisotopic (exact) mass is 400 g/mol. The molecule has 4 fully saturated rings. The number of ketones is 2. The van der Waals surface area contributed by atoms with Crippen LogP contribution in [-0.4, -0.2) is 40.8 Å². The van der Waals surface area contributed by atoms with Crippen LogP contribution in [-0.2, 0) is 19.1 Å². The average molecular weight is 401 g/mol. The molecule has 1 saturated heterocycles. The number of ether oxygens (including phenoxy) is 2. The predicted molar refractivity (Wildman–Crippen MR) is 107 cm³/mol. The van der Waals surface area contributed by atoms with Gasteiger partial charge in [-0.05, 0) is 69.9 Å². The molecular weight excluding hydrogens is 368 g/mol. The van der Waals surface area contributed by atoms with Crippen molar-refractivity contribution in [2.45, 2.75) is 77.3 Å². The maximum atomic E-state index is 13.2. The first-order valence-electron chi connectivity index (χ1n) is 11.0. The topological polar surface area (TPSA) is 72.8 Å². The van der Waals surface area contributed by atoms with Crippen LogP contribution >= 0.6 is 0 Å². The molecule has 5 nitrogen and oxygen atoms in total. The highest BCUT2D eigenvalue weighted by atomic mass is 16.7. The molecule has 0 amide bonds. The van der Waals surface area contributed by atoms with Crippen molar-refractivity contribution in [3.8, 4) is 0 Å². The van der Waals surface area contributed by atoms with Gasteiger partial charge in [-0.3, -0.25) is 9.59 Å². The Morgan fingerprint density at radius 1 is 1.14 bits per heavy atom. The van der Waals surface area contributed by atoms with Gasteiger partial charge in [0.25, 0.3) is 0 Å². The van der Waals surface area contributed by atoms with Gasteiger partial charge in [-0.15, -0.1) is 0 Å². The van der Waals surface area contributed by atoms with Gasteiger partial charge in [-0.1, -0.05) is 25.5 Å². The highest BCUT2D eigenvalue weighted by Crippen LogP contribution is 2.68. The number of rotatable bonds is 0. The second-order valence-corrected chi connectivity index (χ2v) is 10.8. The Bertz CT molecular complexity index is 840. The Kier molecular flexibility index (Phi) is 3.99. The highest BCUT2D eigenvalue weighted by Gasteiger charge is 2.71. The lowest BCUT2D eigenvalue weighted by Crippen LogP contribution is -2.66. The third-order valence-electron chi connectivity index (χ3n) is 9.04. The van der Waals surface area contributed by atoms with Crippen LogP contribution in [0.2, 0.25) is 0 Å². The molecule has 5 rings (SSSR count). The molecule has 4 aliphatic carbocycles. The summed E-state index contributed by atoms with van der Waals surface area (Å²) in [7, 11) is 0. The van der Waals surface area contributed by atoms with Gasteiger partial charge in [0.2, 0.25) is 0 Å². The molecule has 0 aromatic heterocycles. The molecule has 5 aliphatic rings. The standard InChI is InChI=1S/C24H32O5/c1-21(2)28-13-19(27)24(29-21)10-8-17-16-6-5-14-11-15(25)7-9-22(14,3)20(16)18(26)12-23(17,24)4/h7,9,11,16-18,20,26H,5-6,8,10,12-13H2,1-4H3/t16-,17-,18-,20+,22-,23-,24-/m0/s1. The normalized spacial score (nSPS) is 50.7. The van der Waals surface area contributed by atoms with E-state index in [9.17, 15) is 14.7 Å². The van der Waals surface area contributed by atoms with Crippen LogP contribution in [0.1, 0.15) is 59.8 Å². The van der Waals surface area contributed by atoms with Crippen LogP contribution in [0.25, 0.3) is 0 Å². The molecule has 0 aromatic rings. The van der Waals surface area contributed by atoms with Crippen molar-refractivity contribution in [2.75, 3.05) is 6.61 Å². The molecule has 7 atom stereocenters. The summed E-state index contributed by atoms with van der Waals surface area (Å²) in [5, 5.41) is 11.5. The van der Waals surface area contributed by atoms with Crippen LogP contribution < -0.4 is 0 Å². The third kappa shape index (κ3) is 2.44. The minimum Gasteiger partial charge on any atom is -0.393 e. The largest absolute Gasteiger partial charge is 0.393 e. The average Bonchev–Trinajstić information content (AvgIpc) is 2.91. The van der Waals surface area contributed by atoms with Crippen molar-refractivity contribution >= 4 is 11.6 Å². The van der Waals surface area contributed by atoms with Gasteiger partial charge in [-0.25, -0.2) is 0 Å². The summed E-state index contributed by atoms with van der Waals surface area (Å²) < 4.78 is 12.1. The Hall–Kier alpha value is -1.30. The molecule has 158 valence electrons. The van der Waals surface area contributed by atoms with Crippen LogP contribution in [0, 0.1) is 28.6 Å². The minimum atomic E-state index is -0.874. The van der Waals surface area contributed by atoms with E-state index in [-0.39, 0.29) is 29.5 Å². The number of Topliss-reactive ketones (excluding diaryl/α,β-unsaturated/α-hetero) is 1. The fraction of sp³-hybridized carbons (Fsp3) is 0.750. The molecule has 1 N–H and O–H groups in total. The van der Waals surface area contributed by atoms with Gasteiger partial charge in [-0.2, -0.15) is 0 Å². The van der Waals surface area contributed by atoms with E-state index in [0.29, 0.717) is 24.7 Å². The first-order chi connectivity index (χ1) is 13.5. The Labute approximate surface area is 172 Å². The molecule has 0 radical (unpaired) electrons. The van der Waals surface area contributed by atoms with Crippen molar-refractivity contribution < 1.29 is 24.2 Å². The van der Waals surface area contributed by atoms with Crippen molar-refractivity contribution in [2.24, 2.45) is 28.6 Å². The molecule has 3 saturated carbocycles. The molecule has 1 aliphatic heterocycles. The molecule has 1 heterocycles. The van der Waals surface area contributed by atoms with E-state index < -0.39 is 22.9 Å². The summed E-state index contributed by atoms with van der Waals surface area (Å²) in [6.45, 7) is 8.17. The van der Waals surface area contributed by atoms with Gasteiger partial charge >= 0.3 is 0 Å². The van der Waals surface area contributed by atoms with Gasteiger partial charge in [0.05, 0.1) is 6.10 Å². The number of hydrogen-bond acceptors (Lipinski definition) is 5. The highest BCUT2D eigenvalue weighted by molar-refractivity contribution is 6.01. The predicted octanol–water partition coefficient (Wildman–Crippen LogP) is 3.36. The third-order valence-corrected chi connectivity index (χ3v) is 9.04. The fourth-order valence-electron chi connectivity index (χ4n) is 7.80. The van der Waals surface area contributed by atoms with E-state index in [1.54, 1.807) is 12.2 Å². The van der Waals surface area contributed by atoms with Crippen LogP contribution in [0.3, 0.4) is 0 Å². The van der Waals surface area contributed by atoms with Crippen molar-refractivity contribution in [1.29, 1.82) is 0 Å². The van der Waals surface area contributed by atoms with Crippen molar-refractivity contribution in [3.05, 3.63) is 23.8 Å². The van der Waals surface area contributed by atoms with Crippen LogP contribution in [0.15, 0.2) is 23.8 Å². The first-order valence-corrected chi connectivity index (χ1v) is 11.0. The maximum absolute atomic E-state index is 13.2. The Morgan fingerprint density at radius 2 is 1.90 bits per heavy atom. The summed E-state index contributed by atoms with van der Waals surface area (Å²) in [4.78, 5) is 25.1. The van der Waals surface area contributed by atoms with E-state index in [1.807, 2.05) is 19.9 Å². The molecule has 29 heavy (non-hydrogen) atoms. The number of aliphatic hydroxyl groups is 1. The Morgan fingerprint density at radius 3 is 2.66 bits per heavy atom. The molecule has 0 bridgehead atoms. The summed E-state index contributed by atoms with van der Waals surface area (Å²) in [5.74, 6) is -0.0200. The molecule has 1 spiro atoms.